The lowest BCUT2D eigenvalue weighted by Crippen LogP contribution is -2.44. The summed E-state index contributed by atoms with van der Waals surface area (Å²) < 4.78 is 5.35. The number of hydrogen-bond acceptors (Lipinski definition) is 4. The van der Waals surface area contributed by atoms with Crippen molar-refractivity contribution in [3.05, 3.63) is 0 Å². The molecule has 1 aliphatic heterocycles. The molecule has 0 spiro atoms. The van der Waals surface area contributed by atoms with Gasteiger partial charge in [-0.25, -0.2) is 0 Å². The molecule has 2 rings (SSSR count). The SMILES string of the molecule is CCNC(=NCCCC(=O)NC1CC1)NCCN1CCOCC1.I. The van der Waals surface area contributed by atoms with Gasteiger partial charge in [0.05, 0.1) is 13.2 Å². The molecule has 0 radical (unpaired) electrons. The van der Waals surface area contributed by atoms with E-state index in [0.717, 1.165) is 71.2 Å². The van der Waals surface area contributed by atoms with Crippen molar-refractivity contribution in [1.82, 2.24) is 20.9 Å². The molecule has 1 saturated heterocycles. The molecule has 1 saturated carbocycles. The highest BCUT2D eigenvalue weighted by atomic mass is 127. The Kier molecular flexibility index (Phi) is 11.4. The first-order chi connectivity index (χ1) is 11.3. The van der Waals surface area contributed by atoms with Gasteiger partial charge in [0, 0.05) is 51.7 Å². The van der Waals surface area contributed by atoms with E-state index in [9.17, 15) is 4.79 Å². The summed E-state index contributed by atoms with van der Waals surface area (Å²) in [4.78, 5) is 18.5. The fourth-order valence-corrected chi connectivity index (χ4v) is 2.46. The van der Waals surface area contributed by atoms with Crippen LogP contribution in [-0.2, 0) is 9.53 Å². The number of guanidine groups is 1. The fourth-order valence-electron chi connectivity index (χ4n) is 2.46. The minimum atomic E-state index is 0. The molecule has 0 atom stereocenters. The number of hydrogen-bond donors (Lipinski definition) is 3. The van der Waals surface area contributed by atoms with Gasteiger partial charge in [0.15, 0.2) is 5.96 Å². The molecular formula is C16H32IN5O2. The number of nitrogens with one attached hydrogen (secondary N) is 3. The van der Waals surface area contributed by atoms with Gasteiger partial charge in [-0.05, 0) is 26.2 Å². The summed E-state index contributed by atoms with van der Waals surface area (Å²) in [7, 11) is 0. The Morgan fingerprint density at radius 1 is 1.25 bits per heavy atom. The molecule has 1 heterocycles. The molecule has 2 aliphatic rings. The lowest BCUT2D eigenvalue weighted by atomic mass is 10.3. The summed E-state index contributed by atoms with van der Waals surface area (Å²) in [5, 5.41) is 9.60. The van der Waals surface area contributed by atoms with Crippen molar-refractivity contribution in [2.75, 3.05) is 52.5 Å². The van der Waals surface area contributed by atoms with Crippen molar-refractivity contribution < 1.29 is 9.53 Å². The molecular weight excluding hydrogens is 421 g/mol. The topological polar surface area (TPSA) is 78.0 Å². The van der Waals surface area contributed by atoms with E-state index in [1.165, 1.54) is 0 Å². The summed E-state index contributed by atoms with van der Waals surface area (Å²) in [5.41, 5.74) is 0. The van der Waals surface area contributed by atoms with Crippen LogP contribution in [0.4, 0.5) is 0 Å². The molecule has 1 aliphatic carbocycles. The Hall–Kier alpha value is -0.610. The van der Waals surface area contributed by atoms with E-state index in [1.807, 2.05) is 0 Å². The van der Waals surface area contributed by atoms with Crippen LogP contribution in [-0.4, -0.2) is 75.3 Å². The van der Waals surface area contributed by atoms with E-state index >= 15 is 0 Å². The second kappa shape index (κ2) is 12.7. The number of aliphatic imine (C=N–C) groups is 1. The van der Waals surface area contributed by atoms with Gasteiger partial charge in [0.1, 0.15) is 0 Å². The molecule has 0 aromatic heterocycles. The minimum absolute atomic E-state index is 0. The van der Waals surface area contributed by atoms with Crippen LogP contribution in [0.1, 0.15) is 32.6 Å². The first-order valence-corrected chi connectivity index (χ1v) is 8.89. The van der Waals surface area contributed by atoms with Gasteiger partial charge in [-0.1, -0.05) is 0 Å². The van der Waals surface area contributed by atoms with E-state index in [2.05, 4.69) is 32.8 Å². The Labute approximate surface area is 162 Å². The smallest absolute Gasteiger partial charge is 0.220 e. The predicted molar refractivity (Wildman–Crippen MR) is 107 cm³/mol. The van der Waals surface area contributed by atoms with Gasteiger partial charge in [0.25, 0.3) is 0 Å². The van der Waals surface area contributed by atoms with Gasteiger partial charge in [-0.15, -0.1) is 24.0 Å². The molecule has 3 N–H and O–H groups in total. The molecule has 1 amide bonds. The van der Waals surface area contributed by atoms with Crippen LogP contribution in [0, 0.1) is 0 Å². The Bertz CT molecular complexity index is 385. The molecule has 24 heavy (non-hydrogen) atoms. The largest absolute Gasteiger partial charge is 0.379 e. The standard InChI is InChI=1S/C16H31N5O2.HI/c1-2-17-16(19-8-9-21-10-12-23-13-11-21)18-7-3-4-15(22)20-14-5-6-14;/h14H,2-13H2,1H3,(H,20,22)(H2,17,18,19);1H. The number of halogens is 1. The Balaban J connectivity index is 0.00000288. The number of rotatable bonds is 9. The second-order valence-corrected chi connectivity index (χ2v) is 6.09. The van der Waals surface area contributed by atoms with Crippen LogP contribution in [0.5, 0.6) is 0 Å². The molecule has 0 aromatic rings. The summed E-state index contributed by atoms with van der Waals surface area (Å²) in [6, 6.07) is 0.449. The fraction of sp³-hybridized carbons (Fsp3) is 0.875. The summed E-state index contributed by atoms with van der Waals surface area (Å²) in [5.74, 6) is 0.997. The molecule has 8 heteroatoms. The molecule has 0 aromatic carbocycles. The lowest BCUT2D eigenvalue weighted by Gasteiger charge is -2.26. The van der Waals surface area contributed by atoms with Crippen LogP contribution in [0.3, 0.4) is 0 Å². The van der Waals surface area contributed by atoms with Gasteiger partial charge < -0.3 is 20.7 Å². The second-order valence-electron chi connectivity index (χ2n) is 6.09. The number of nitrogens with zero attached hydrogens (tertiary/aromatic N) is 2. The van der Waals surface area contributed by atoms with Crippen LogP contribution in [0.15, 0.2) is 4.99 Å². The van der Waals surface area contributed by atoms with Gasteiger partial charge in [-0.3, -0.25) is 14.7 Å². The highest BCUT2D eigenvalue weighted by Gasteiger charge is 2.22. The zero-order chi connectivity index (χ0) is 16.3. The average molecular weight is 453 g/mol. The van der Waals surface area contributed by atoms with E-state index in [-0.39, 0.29) is 29.9 Å². The average Bonchev–Trinajstić information content (AvgIpc) is 3.36. The third kappa shape index (κ3) is 9.63. The molecule has 0 bridgehead atoms. The normalized spacial score (nSPS) is 18.6. The predicted octanol–water partition coefficient (Wildman–Crippen LogP) is 0.551. The van der Waals surface area contributed by atoms with Gasteiger partial charge in [-0.2, -0.15) is 0 Å². The molecule has 140 valence electrons. The van der Waals surface area contributed by atoms with Crippen molar-refractivity contribution in [3.63, 3.8) is 0 Å². The zero-order valence-electron chi connectivity index (χ0n) is 14.7. The maximum atomic E-state index is 11.6. The van der Waals surface area contributed by atoms with Crippen molar-refractivity contribution >= 4 is 35.8 Å². The minimum Gasteiger partial charge on any atom is -0.379 e. The van der Waals surface area contributed by atoms with E-state index in [1.54, 1.807) is 0 Å². The number of ether oxygens (including phenoxy) is 1. The van der Waals surface area contributed by atoms with Crippen LogP contribution in [0.25, 0.3) is 0 Å². The first-order valence-electron chi connectivity index (χ1n) is 8.89. The monoisotopic (exact) mass is 453 g/mol. The van der Waals surface area contributed by atoms with Crippen molar-refractivity contribution in [1.29, 1.82) is 0 Å². The molecule has 7 nitrogen and oxygen atoms in total. The number of carbonyl (C=O) groups excluding carboxylic acids is 1. The number of morpholine rings is 1. The van der Waals surface area contributed by atoms with Crippen LogP contribution >= 0.6 is 24.0 Å². The third-order valence-corrected chi connectivity index (χ3v) is 3.94. The summed E-state index contributed by atoms with van der Waals surface area (Å²) >= 11 is 0. The van der Waals surface area contributed by atoms with Gasteiger partial charge in [0.2, 0.25) is 5.91 Å². The van der Waals surface area contributed by atoms with E-state index < -0.39 is 0 Å². The van der Waals surface area contributed by atoms with E-state index in [0.29, 0.717) is 19.0 Å². The molecule has 0 unspecified atom stereocenters. The van der Waals surface area contributed by atoms with Gasteiger partial charge >= 0.3 is 0 Å². The number of amides is 1. The van der Waals surface area contributed by atoms with Crippen molar-refractivity contribution in [3.8, 4) is 0 Å². The van der Waals surface area contributed by atoms with Crippen molar-refractivity contribution in [2.24, 2.45) is 4.99 Å². The third-order valence-electron chi connectivity index (χ3n) is 3.94. The highest BCUT2D eigenvalue weighted by Crippen LogP contribution is 2.18. The maximum Gasteiger partial charge on any atom is 0.220 e. The first kappa shape index (κ1) is 21.4. The lowest BCUT2D eigenvalue weighted by molar-refractivity contribution is -0.121. The highest BCUT2D eigenvalue weighted by molar-refractivity contribution is 14.0. The quantitative estimate of drug-likeness (QED) is 0.206. The Morgan fingerprint density at radius 3 is 2.67 bits per heavy atom. The van der Waals surface area contributed by atoms with Crippen LogP contribution in [0.2, 0.25) is 0 Å². The Morgan fingerprint density at radius 2 is 2.00 bits per heavy atom. The van der Waals surface area contributed by atoms with Crippen molar-refractivity contribution in [2.45, 2.75) is 38.6 Å². The zero-order valence-corrected chi connectivity index (χ0v) is 17.0. The van der Waals surface area contributed by atoms with Crippen LogP contribution < -0.4 is 16.0 Å². The van der Waals surface area contributed by atoms with E-state index in [4.69, 9.17) is 4.74 Å². The number of carbonyl (C=O) groups is 1. The summed E-state index contributed by atoms with van der Waals surface area (Å²) in [6.45, 7) is 9.11. The molecule has 2 fully saturated rings. The maximum absolute atomic E-state index is 11.6. The summed E-state index contributed by atoms with van der Waals surface area (Å²) in [6.07, 6.45) is 3.63.